The molecule has 0 aliphatic heterocycles. The molecule has 0 saturated heterocycles. The summed E-state index contributed by atoms with van der Waals surface area (Å²) in [7, 11) is 0. The van der Waals surface area contributed by atoms with Gasteiger partial charge in [0.1, 0.15) is 0 Å². The fourth-order valence-corrected chi connectivity index (χ4v) is 1.07. The van der Waals surface area contributed by atoms with Gasteiger partial charge < -0.3 is 5.32 Å². The highest BCUT2D eigenvalue weighted by molar-refractivity contribution is 5.93. The molecule has 1 aromatic rings. The summed E-state index contributed by atoms with van der Waals surface area (Å²) in [4.78, 5) is 4.10. The molecule has 88 valence electrons. The van der Waals surface area contributed by atoms with Crippen molar-refractivity contribution in [3.63, 3.8) is 0 Å². The van der Waals surface area contributed by atoms with E-state index in [0.29, 0.717) is 11.6 Å². The minimum absolute atomic E-state index is 0.0313. The van der Waals surface area contributed by atoms with Crippen LogP contribution in [0.2, 0.25) is 0 Å². The average molecular weight is 228 g/mol. The molecule has 0 saturated carbocycles. The number of nitrogens with zero attached hydrogens (tertiary/aromatic N) is 1. The van der Waals surface area contributed by atoms with Gasteiger partial charge >= 0.3 is 0 Å². The molecule has 0 aliphatic rings. The van der Waals surface area contributed by atoms with Crippen LogP contribution in [0.1, 0.15) is 13.8 Å². The van der Waals surface area contributed by atoms with Gasteiger partial charge in [0.05, 0.1) is 0 Å². The lowest BCUT2D eigenvalue weighted by atomic mass is 10.3. The molecule has 0 atom stereocenters. The summed E-state index contributed by atoms with van der Waals surface area (Å²) >= 11 is 0. The highest BCUT2D eigenvalue weighted by Gasteiger charge is 2.04. The lowest BCUT2D eigenvalue weighted by Gasteiger charge is -2.10. The molecule has 0 spiro atoms. The smallest absolute Gasteiger partial charge is 0.210 e. The van der Waals surface area contributed by atoms with Crippen LogP contribution < -0.4 is 16.6 Å². The molecule has 0 bridgehead atoms. The zero-order chi connectivity index (χ0) is 12.1. The standard InChI is InChI=1S/C10H14F2N4/c1-6(2)14-10(16-13)15-7-3-4-8(11)9(12)5-7/h3-6H,13H2,1-2H3,(H2,14,15,16). The molecule has 4 N–H and O–H groups in total. The number of nitrogens with one attached hydrogen (secondary N) is 2. The lowest BCUT2D eigenvalue weighted by molar-refractivity contribution is 0.509. The number of halogens is 2. The van der Waals surface area contributed by atoms with Gasteiger partial charge in [-0.3, -0.25) is 5.43 Å². The number of hydrogen-bond donors (Lipinski definition) is 3. The predicted molar refractivity (Wildman–Crippen MR) is 59.9 cm³/mol. The first-order chi connectivity index (χ1) is 7.52. The summed E-state index contributed by atoms with van der Waals surface area (Å²) in [5.74, 6) is 3.70. The van der Waals surface area contributed by atoms with Crippen LogP contribution in [0.15, 0.2) is 23.2 Å². The molecule has 0 unspecified atom stereocenters. The predicted octanol–water partition coefficient (Wildman–Crippen LogP) is 1.60. The van der Waals surface area contributed by atoms with Crippen molar-refractivity contribution in [2.75, 3.05) is 5.32 Å². The van der Waals surface area contributed by atoms with E-state index in [-0.39, 0.29) is 6.04 Å². The summed E-state index contributed by atoms with van der Waals surface area (Å²) in [6.45, 7) is 3.73. The number of anilines is 1. The number of rotatable bonds is 2. The van der Waals surface area contributed by atoms with Gasteiger partial charge in [0.25, 0.3) is 0 Å². The van der Waals surface area contributed by atoms with E-state index in [4.69, 9.17) is 5.84 Å². The quantitative estimate of drug-likeness (QED) is 0.312. The highest BCUT2D eigenvalue weighted by Crippen LogP contribution is 2.12. The monoisotopic (exact) mass is 228 g/mol. The van der Waals surface area contributed by atoms with Crippen molar-refractivity contribution in [1.29, 1.82) is 0 Å². The van der Waals surface area contributed by atoms with Crippen LogP contribution in [0.5, 0.6) is 0 Å². The van der Waals surface area contributed by atoms with Crippen LogP contribution >= 0.6 is 0 Å². The van der Waals surface area contributed by atoms with Gasteiger partial charge in [-0.1, -0.05) is 0 Å². The number of nitrogens with two attached hydrogens (primary N) is 1. The van der Waals surface area contributed by atoms with Gasteiger partial charge in [0, 0.05) is 17.8 Å². The normalized spacial score (nSPS) is 11.8. The fourth-order valence-electron chi connectivity index (χ4n) is 1.07. The Hall–Kier alpha value is -1.69. The Morgan fingerprint density at radius 2 is 2.00 bits per heavy atom. The molecule has 0 amide bonds. The second-order valence-corrected chi connectivity index (χ2v) is 3.47. The molecule has 0 heterocycles. The number of benzene rings is 1. The van der Waals surface area contributed by atoms with E-state index in [2.05, 4.69) is 15.7 Å². The molecule has 4 nitrogen and oxygen atoms in total. The molecule has 6 heteroatoms. The maximum atomic E-state index is 12.9. The van der Waals surface area contributed by atoms with Crippen LogP contribution in [-0.4, -0.2) is 12.0 Å². The van der Waals surface area contributed by atoms with Gasteiger partial charge in [-0.15, -0.1) is 0 Å². The van der Waals surface area contributed by atoms with E-state index < -0.39 is 11.6 Å². The van der Waals surface area contributed by atoms with Crippen LogP contribution in [0.25, 0.3) is 0 Å². The molecular weight excluding hydrogens is 214 g/mol. The summed E-state index contributed by atoms with van der Waals surface area (Å²) in [5, 5.41) is 2.74. The third-order valence-electron chi connectivity index (χ3n) is 1.71. The fraction of sp³-hybridized carbons (Fsp3) is 0.300. The lowest BCUT2D eigenvalue weighted by Crippen LogP contribution is -2.37. The average Bonchev–Trinajstić information content (AvgIpc) is 2.22. The molecule has 1 rings (SSSR count). The Kier molecular flexibility index (Phi) is 4.19. The van der Waals surface area contributed by atoms with Crippen molar-refractivity contribution < 1.29 is 8.78 Å². The Labute approximate surface area is 92.5 Å². The number of hydrazine groups is 1. The molecule has 1 aromatic carbocycles. The van der Waals surface area contributed by atoms with E-state index in [1.54, 1.807) is 0 Å². The minimum atomic E-state index is -0.925. The first-order valence-electron chi connectivity index (χ1n) is 4.79. The Bertz CT molecular complexity index is 390. The number of hydrogen-bond acceptors (Lipinski definition) is 2. The van der Waals surface area contributed by atoms with Gasteiger partial charge in [-0.2, -0.15) is 0 Å². The molecule has 0 radical (unpaired) electrons. The van der Waals surface area contributed by atoms with Crippen molar-refractivity contribution in [3.05, 3.63) is 29.8 Å². The SMILES string of the molecule is CC(C)N=C(NN)Nc1ccc(F)c(F)c1. The first kappa shape index (κ1) is 12.4. The third-order valence-corrected chi connectivity index (χ3v) is 1.71. The van der Waals surface area contributed by atoms with Crippen LogP contribution in [0.3, 0.4) is 0 Å². The van der Waals surface area contributed by atoms with Crippen molar-refractivity contribution in [2.45, 2.75) is 19.9 Å². The van der Waals surface area contributed by atoms with Gasteiger partial charge in [-0.05, 0) is 26.0 Å². The molecule has 0 aromatic heterocycles. The summed E-state index contributed by atoms with van der Waals surface area (Å²) < 4.78 is 25.5. The van der Waals surface area contributed by atoms with E-state index in [9.17, 15) is 8.78 Å². The largest absolute Gasteiger partial charge is 0.325 e. The van der Waals surface area contributed by atoms with E-state index in [0.717, 1.165) is 12.1 Å². The van der Waals surface area contributed by atoms with E-state index in [1.807, 2.05) is 13.8 Å². The highest BCUT2D eigenvalue weighted by atomic mass is 19.2. The van der Waals surface area contributed by atoms with Crippen molar-refractivity contribution in [2.24, 2.45) is 10.8 Å². The maximum absolute atomic E-state index is 12.9. The van der Waals surface area contributed by atoms with Gasteiger partial charge in [-0.25, -0.2) is 19.6 Å². The first-order valence-corrected chi connectivity index (χ1v) is 4.79. The van der Waals surface area contributed by atoms with Crippen LogP contribution in [-0.2, 0) is 0 Å². The van der Waals surface area contributed by atoms with Gasteiger partial charge in [0.2, 0.25) is 5.96 Å². The Balaban J connectivity index is 2.82. The zero-order valence-electron chi connectivity index (χ0n) is 9.09. The number of aliphatic imine (C=N–C) groups is 1. The maximum Gasteiger partial charge on any atom is 0.210 e. The van der Waals surface area contributed by atoms with E-state index >= 15 is 0 Å². The summed E-state index contributed by atoms with van der Waals surface area (Å²) in [5.41, 5.74) is 2.71. The second kappa shape index (κ2) is 5.41. The van der Waals surface area contributed by atoms with Crippen LogP contribution in [0, 0.1) is 11.6 Å². The Morgan fingerprint density at radius 1 is 1.31 bits per heavy atom. The third kappa shape index (κ3) is 3.47. The Morgan fingerprint density at radius 3 is 2.50 bits per heavy atom. The molecule has 0 fully saturated rings. The minimum Gasteiger partial charge on any atom is -0.325 e. The number of guanidine groups is 1. The van der Waals surface area contributed by atoms with Crippen molar-refractivity contribution in [1.82, 2.24) is 5.43 Å². The molecule has 16 heavy (non-hydrogen) atoms. The van der Waals surface area contributed by atoms with E-state index in [1.165, 1.54) is 6.07 Å². The topological polar surface area (TPSA) is 62.4 Å². The zero-order valence-corrected chi connectivity index (χ0v) is 9.09. The summed E-state index contributed by atoms with van der Waals surface area (Å²) in [6.07, 6.45) is 0. The molecule has 0 aliphatic carbocycles. The molecular formula is C10H14F2N4. The van der Waals surface area contributed by atoms with Crippen LogP contribution in [0.4, 0.5) is 14.5 Å². The summed E-state index contributed by atoms with van der Waals surface area (Å²) in [6, 6.07) is 3.49. The van der Waals surface area contributed by atoms with Crippen molar-refractivity contribution >= 4 is 11.6 Å². The second-order valence-electron chi connectivity index (χ2n) is 3.47. The van der Waals surface area contributed by atoms with Crippen molar-refractivity contribution in [3.8, 4) is 0 Å². The van der Waals surface area contributed by atoms with Gasteiger partial charge in [0.15, 0.2) is 11.6 Å².